The van der Waals surface area contributed by atoms with Crippen LogP contribution in [0.15, 0.2) is 30.3 Å². The van der Waals surface area contributed by atoms with Crippen LogP contribution in [0, 0.1) is 0 Å². The first kappa shape index (κ1) is 31.4. The molecule has 230 valence electrons. The fourth-order valence-corrected chi connectivity index (χ4v) is 5.23. The van der Waals surface area contributed by atoms with Crippen LogP contribution >= 0.6 is 0 Å². The second-order valence-corrected chi connectivity index (χ2v) is 10.8. The second kappa shape index (κ2) is 14.6. The van der Waals surface area contributed by atoms with Gasteiger partial charge < -0.3 is 35.1 Å². The molecule has 0 saturated heterocycles. The zero-order chi connectivity index (χ0) is 30.9. The number of cyclic esters (lactones) is 1. The van der Waals surface area contributed by atoms with Crippen molar-refractivity contribution < 1.29 is 43.6 Å². The van der Waals surface area contributed by atoms with Gasteiger partial charge in [-0.05, 0) is 61.9 Å². The number of fused-ring (bicyclic) bond motifs is 2. The van der Waals surface area contributed by atoms with Gasteiger partial charge in [0.1, 0.15) is 22.8 Å². The maximum atomic E-state index is 13.5. The number of aromatic hydroxyl groups is 2. The van der Waals surface area contributed by atoms with E-state index in [9.17, 15) is 29.4 Å². The summed E-state index contributed by atoms with van der Waals surface area (Å²) in [5, 5.41) is 28.3. The van der Waals surface area contributed by atoms with E-state index in [1.807, 2.05) is 0 Å². The first-order valence-electron chi connectivity index (χ1n) is 14.5. The van der Waals surface area contributed by atoms with Crippen LogP contribution in [0.4, 0.5) is 0 Å². The van der Waals surface area contributed by atoms with Crippen LogP contribution in [0.2, 0.25) is 0 Å². The van der Waals surface area contributed by atoms with Gasteiger partial charge in [0, 0.05) is 50.8 Å². The lowest BCUT2D eigenvalue weighted by atomic mass is 9.84. The van der Waals surface area contributed by atoms with Gasteiger partial charge in [-0.2, -0.15) is 0 Å². The van der Waals surface area contributed by atoms with Crippen LogP contribution < -0.4 is 20.1 Å². The Morgan fingerprint density at radius 3 is 2.56 bits per heavy atom. The lowest BCUT2D eigenvalue weighted by Crippen LogP contribution is -2.34. The van der Waals surface area contributed by atoms with E-state index in [0.29, 0.717) is 55.6 Å². The number of carbonyl (C=O) groups is 4. The number of esters is 1. The summed E-state index contributed by atoms with van der Waals surface area (Å²) in [6, 6.07) is 6.42. The van der Waals surface area contributed by atoms with Gasteiger partial charge in [-0.15, -0.1) is 0 Å². The summed E-state index contributed by atoms with van der Waals surface area (Å²) < 4.78 is 16.6. The van der Waals surface area contributed by atoms with Crippen LogP contribution in [-0.2, 0) is 19.1 Å². The molecule has 0 saturated carbocycles. The Morgan fingerprint density at radius 1 is 1.02 bits per heavy atom. The molecule has 43 heavy (non-hydrogen) atoms. The molecule has 4 N–H and O–H groups in total. The summed E-state index contributed by atoms with van der Waals surface area (Å²) in [6.07, 6.45) is 5.81. The van der Waals surface area contributed by atoms with Crippen LogP contribution in [0.25, 0.3) is 6.08 Å². The van der Waals surface area contributed by atoms with Gasteiger partial charge in [0.15, 0.2) is 11.5 Å². The van der Waals surface area contributed by atoms with Gasteiger partial charge in [0.05, 0.1) is 6.10 Å². The van der Waals surface area contributed by atoms with Crippen molar-refractivity contribution in [2.24, 2.45) is 0 Å². The number of ether oxygens (including phenoxy) is 3. The predicted molar refractivity (Wildman–Crippen MR) is 157 cm³/mol. The number of hydrogen-bond donors (Lipinski definition) is 4. The smallest absolute Gasteiger partial charge is 0.342 e. The van der Waals surface area contributed by atoms with Crippen LogP contribution in [0.3, 0.4) is 0 Å². The van der Waals surface area contributed by atoms with Gasteiger partial charge in [-0.25, -0.2) is 4.79 Å². The van der Waals surface area contributed by atoms with Crippen LogP contribution in [-0.4, -0.2) is 59.8 Å². The zero-order valence-electron chi connectivity index (χ0n) is 24.4. The van der Waals surface area contributed by atoms with Gasteiger partial charge in [-0.1, -0.05) is 18.2 Å². The summed E-state index contributed by atoms with van der Waals surface area (Å²) in [5.74, 6) is -1.98. The largest absolute Gasteiger partial charge is 0.507 e. The van der Waals surface area contributed by atoms with E-state index in [4.69, 9.17) is 14.2 Å². The Bertz CT molecular complexity index is 1400. The minimum atomic E-state index is -0.895. The molecule has 2 amide bonds. The highest BCUT2D eigenvalue weighted by Crippen LogP contribution is 2.46. The fraction of sp³-hybridized carbons (Fsp3) is 0.438. The van der Waals surface area contributed by atoms with Crippen LogP contribution in [0.5, 0.6) is 23.0 Å². The number of amides is 2. The summed E-state index contributed by atoms with van der Waals surface area (Å²) in [4.78, 5) is 49.8. The summed E-state index contributed by atoms with van der Waals surface area (Å²) in [7, 11) is 0. The number of hydrogen-bond acceptors (Lipinski definition) is 9. The molecule has 2 aliphatic rings. The molecule has 11 nitrogen and oxygen atoms in total. The monoisotopic (exact) mass is 594 g/mol. The number of phenolic OH excluding ortho intramolecular Hbond substituents is 2. The van der Waals surface area contributed by atoms with Crippen molar-refractivity contribution >= 4 is 29.6 Å². The van der Waals surface area contributed by atoms with Crippen LogP contribution in [0.1, 0.15) is 91.8 Å². The number of rotatable bonds is 7. The highest BCUT2D eigenvalue weighted by Gasteiger charge is 2.31. The standard InChI is InChI=1S/C32H38N2O9/c1-19-7-6-10-23(36)9-5-3-4-8-22-15-25(37)30(31(39)29(22)32(40)43-19)24(17-28(38)34-14-13-33-20(2)35)21-11-12-26-27(16-21)42-18-41-26/h4,8,11-12,15-16,19,24,37,39H,3,5-7,9-10,13-14,17-18H2,1-2H3,(H,33,35)(H,34,38)/t19-,24?/m0/s1. The summed E-state index contributed by atoms with van der Waals surface area (Å²) >= 11 is 0. The predicted octanol–water partition coefficient (Wildman–Crippen LogP) is 4.08. The first-order chi connectivity index (χ1) is 20.6. The number of allylic oxidation sites excluding steroid dienone is 1. The van der Waals surface area contributed by atoms with E-state index < -0.39 is 29.6 Å². The van der Waals surface area contributed by atoms with Gasteiger partial charge >= 0.3 is 5.97 Å². The minimum absolute atomic E-state index is 0.0145. The molecule has 2 aromatic rings. The second-order valence-electron chi connectivity index (χ2n) is 10.8. The molecular weight excluding hydrogens is 556 g/mol. The first-order valence-corrected chi connectivity index (χ1v) is 14.5. The van der Waals surface area contributed by atoms with Crippen molar-refractivity contribution in [1.29, 1.82) is 0 Å². The molecule has 0 fully saturated rings. The maximum absolute atomic E-state index is 13.5. The van der Waals surface area contributed by atoms with Crippen molar-refractivity contribution in [3.63, 3.8) is 0 Å². The molecule has 0 radical (unpaired) electrons. The van der Waals surface area contributed by atoms with E-state index in [0.717, 1.165) is 0 Å². The third kappa shape index (κ3) is 8.27. The zero-order valence-corrected chi connectivity index (χ0v) is 24.4. The van der Waals surface area contributed by atoms with Crippen molar-refractivity contribution in [3.8, 4) is 23.0 Å². The number of phenols is 2. The molecule has 1 unspecified atom stereocenters. The van der Waals surface area contributed by atoms with E-state index in [2.05, 4.69) is 10.6 Å². The number of ketones is 1. The van der Waals surface area contributed by atoms with Crippen molar-refractivity contribution in [3.05, 3.63) is 52.6 Å². The van der Waals surface area contributed by atoms with Gasteiger partial charge in [0.25, 0.3) is 0 Å². The molecule has 2 aromatic carbocycles. The van der Waals surface area contributed by atoms with Crippen molar-refractivity contribution in [2.75, 3.05) is 19.9 Å². The average Bonchev–Trinajstić information content (AvgIpc) is 3.42. The van der Waals surface area contributed by atoms with E-state index in [1.165, 1.54) is 13.0 Å². The molecule has 4 rings (SSSR count). The third-order valence-electron chi connectivity index (χ3n) is 7.41. The topological polar surface area (TPSA) is 160 Å². The molecule has 2 atom stereocenters. The maximum Gasteiger partial charge on any atom is 0.342 e. The highest BCUT2D eigenvalue weighted by atomic mass is 16.7. The number of carbonyl (C=O) groups excluding carboxylic acids is 4. The van der Waals surface area contributed by atoms with E-state index >= 15 is 0 Å². The lowest BCUT2D eigenvalue weighted by molar-refractivity contribution is -0.122. The average molecular weight is 595 g/mol. The molecule has 11 heteroatoms. The van der Waals surface area contributed by atoms with E-state index in [1.54, 1.807) is 37.3 Å². The number of nitrogens with one attached hydrogen (secondary N) is 2. The highest BCUT2D eigenvalue weighted by molar-refractivity contribution is 5.98. The Kier molecular flexibility index (Phi) is 10.6. The molecule has 0 bridgehead atoms. The van der Waals surface area contributed by atoms with Gasteiger partial charge in [0.2, 0.25) is 18.6 Å². The Morgan fingerprint density at radius 2 is 1.77 bits per heavy atom. The molecular formula is C32H38N2O9. The SMILES string of the molecule is CC(=O)NCCNC(=O)CC(c1ccc2c(c1)OCO2)c1c(O)cc2c(c1O)C(=O)O[C@@H](C)CCCC(=O)CCCC=C2. The molecule has 0 aromatic heterocycles. The number of benzene rings is 2. The van der Waals surface area contributed by atoms with Crippen molar-refractivity contribution in [1.82, 2.24) is 10.6 Å². The number of Topliss-reactive ketones (excluding diaryl/α,β-unsaturated/α-hetero) is 1. The normalized spacial score (nSPS) is 17.8. The summed E-state index contributed by atoms with van der Waals surface area (Å²) in [5.41, 5.74) is 0.651. The molecule has 2 aliphatic heterocycles. The van der Waals surface area contributed by atoms with Gasteiger partial charge in [-0.3, -0.25) is 14.4 Å². The molecule has 0 aliphatic carbocycles. The fourth-order valence-electron chi connectivity index (χ4n) is 5.23. The Balaban J connectivity index is 1.74. The summed E-state index contributed by atoms with van der Waals surface area (Å²) in [6.45, 7) is 3.54. The Hall–Kier alpha value is -4.54. The molecule has 0 spiro atoms. The van der Waals surface area contributed by atoms with E-state index in [-0.39, 0.29) is 60.4 Å². The third-order valence-corrected chi connectivity index (χ3v) is 7.41. The molecule has 2 heterocycles. The Labute approximate surface area is 250 Å². The van der Waals surface area contributed by atoms with Crippen molar-refractivity contribution in [2.45, 2.75) is 70.8 Å². The minimum Gasteiger partial charge on any atom is -0.507 e. The lowest BCUT2D eigenvalue weighted by Gasteiger charge is -2.23. The quantitative estimate of drug-likeness (QED) is 0.273.